The van der Waals surface area contributed by atoms with Crippen LogP contribution >= 0.6 is 0 Å². The lowest BCUT2D eigenvalue weighted by Gasteiger charge is -2.24. The second-order valence-corrected chi connectivity index (χ2v) is 7.84. The molecular weight excluding hydrogens is 270 g/mol. The Bertz CT molecular complexity index is 336. The van der Waals surface area contributed by atoms with E-state index >= 15 is 0 Å². The van der Waals surface area contributed by atoms with E-state index in [2.05, 4.69) is 17.4 Å². The molecule has 1 aromatic rings. The molecule has 20 heavy (non-hydrogen) atoms. The molecule has 0 fully saturated rings. The molecule has 0 atom stereocenters. The maximum Gasteiger partial charge on any atom is 0.500 e. The van der Waals surface area contributed by atoms with Crippen LogP contribution in [0.25, 0.3) is 0 Å². The zero-order chi connectivity index (χ0) is 14.7. The van der Waals surface area contributed by atoms with Gasteiger partial charge in [0.2, 0.25) is 0 Å². The standard InChI is InChI=1S/C15H27NO3Si/c1-17-20(18-2,19-3)14-10-5-4-9-13-16-15-11-7-6-8-12-15/h6-8,11-12,16H,4-5,9-10,13-14H2,1-3H3. The molecule has 0 saturated carbocycles. The molecule has 4 nitrogen and oxygen atoms in total. The number of nitrogens with one attached hydrogen (secondary N) is 1. The molecule has 0 heterocycles. The molecule has 0 bridgehead atoms. The van der Waals surface area contributed by atoms with Gasteiger partial charge in [-0.1, -0.05) is 31.0 Å². The summed E-state index contributed by atoms with van der Waals surface area (Å²) in [6, 6.07) is 11.2. The van der Waals surface area contributed by atoms with Gasteiger partial charge in [0, 0.05) is 39.6 Å². The molecule has 1 aromatic carbocycles. The van der Waals surface area contributed by atoms with Crippen LogP contribution < -0.4 is 5.32 Å². The van der Waals surface area contributed by atoms with Gasteiger partial charge < -0.3 is 18.6 Å². The van der Waals surface area contributed by atoms with E-state index in [1.165, 1.54) is 24.9 Å². The molecule has 0 radical (unpaired) electrons. The SMILES string of the molecule is CO[Si](CCCCCCNc1ccccc1)(OC)OC. The summed E-state index contributed by atoms with van der Waals surface area (Å²) in [7, 11) is 2.65. The molecule has 0 saturated heterocycles. The highest BCUT2D eigenvalue weighted by atomic mass is 28.4. The summed E-state index contributed by atoms with van der Waals surface area (Å²) in [5.74, 6) is 0. The van der Waals surface area contributed by atoms with Crippen LogP contribution in [0.1, 0.15) is 25.7 Å². The minimum absolute atomic E-state index is 0.891. The third-order valence-corrected chi connectivity index (χ3v) is 6.28. The van der Waals surface area contributed by atoms with Crippen LogP contribution in [0.3, 0.4) is 0 Å². The zero-order valence-corrected chi connectivity index (χ0v) is 13.9. The van der Waals surface area contributed by atoms with Crippen LogP contribution in [0.15, 0.2) is 30.3 Å². The first-order valence-electron chi connectivity index (χ1n) is 7.20. The molecule has 0 amide bonds. The molecule has 0 unspecified atom stereocenters. The van der Waals surface area contributed by atoms with Gasteiger partial charge in [-0.25, -0.2) is 0 Å². The molecule has 1 rings (SSSR count). The molecule has 0 aliphatic heterocycles. The Kier molecular flexibility index (Phi) is 8.53. The van der Waals surface area contributed by atoms with Gasteiger partial charge in [-0.15, -0.1) is 0 Å². The largest absolute Gasteiger partial charge is 0.500 e. The number of hydrogen-bond donors (Lipinski definition) is 1. The van der Waals surface area contributed by atoms with Gasteiger partial charge in [-0.05, 0) is 25.0 Å². The third-order valence-electron chi connectivity index (χ3n) is 3.45. The van der Waals surface area contributed by atoms with Crippen molar-refractivity contribution in [1.82, 2.24) is 0 Å². The molecule has 0 aliphatic carbocycles. The van der Waals surface area contributed by atoms with E-state index in [1.54, 1.807) is 21.3 Å². The molecule has 0 aliphatic rings. The van der Waals surface area contributed by atoms with Crippen molar-refractivity contribution in [1.29, 1.82) is 0 Å². The highest BCUT2D eigenvalue weighted by Crippen LogP contribution is 2.17. The third kappa shape index (κ3) is 6.05. The van der Waals surface area contributed by atoms with Gasteiger partial charge in [0.1, 0.15) is 0 Å². The molecular formula is C15H27NO3Si. The first kappa shape index (κ1) is 17.2. The lowest BCUT2D eigenvalue weighted by atomic mass is 10.2. The first-order chi connectivity index (χ1) is 9.76. The van der Waals surface area contributed by atoms with Gasteiger partial charge in [0.15, 0.2) is 0 Å². The van der Waals surface area contributed by atoms with Crippen LogP contribution in [0, 0.1) is 0 Å². The van der Waals surface area contributed by atoms with Crippen LogP contribution in [-0.2, 0) is 13.3 Å². The van der Waals surface area contributed by atoms with Gasteiger partial charge in [0.25, 0.3) is 0 Å². The van der Waals surface area contributed by atoms with Crippen molar-refractivity contribution < 1.29 is 13.3 Å². The monoisotopic (exact) mass is 297 g/mol. The second kappa shape index (κ2) is 9.93. The summed E-state index contributed by atoms with van der Waals surface area (Å²) >= 11 is 0. The zero-order valence-electron chi connectivity index (χ0n) is 12.9. The van der Waals surface area contributed by atoms with E-state index in [-0.39, 0.29) is 0 Å². The average Bonchev–Trinajstić information content (AvgIpc) is 2.52. The number of hydrogen-bond acceptors (Lipinski definition) is 4. The molecule has 0 aromatic heterocycles. The fourth-order valence-electron chi connectivity index (χ4n) is 2.16. The van der Waals surface area contributed by atoms with Crippen molar-refractivity contribution in [2.45, 2.75) is 31.7 Å². The van der Waals surface area contributed by atoms with Crippen molar-refractivity contribution >= 4 is 14.5 Å². The average molecular weight is 297 g/mol. The van der Waals surface area contributed by atoms with Gasteiger partial charge >= 0.3 is 8.80 Å². The van der Waals surface area contributed by atoms with Crippen LogP contribution in [-0.4, -0.2) is 36.7 Å². The minimum atomic E-state index is -2.35. The predicted molar refractivity (Wildman–Crippen MR) is 85.0 cm³/mol. The summed E-state index contributed by atoms with van der Waals surface area (Å²) in [5, 5.41) is 3.42. The number of benzene rings is 1. The van der Waals surface area contributed by atoms with E-state index in [0.29, 0.717) is 0 Å². The Morgan fingerprint density at radius 3 is 2.05 bits per heavy atom. The van der Waals surface area contributed by atoms with Gasteiger partial charge in [-0.2, -0.15) is 0 Å². The maximum absolute atomic E-state index is 5.40. The highest BCUT2D eigenvalue weighted by molar-refractivity contribution is 6.60. The topological polar surface area (TPSA) is 39.7 Å². The fourth-order valence-corrected chi connectivity index (χ4v) is 3.96. The van der Waals surface area contributed by atoms with E-state index in [9.17, 15) is 0 Å². The van der Waals surface area contributed by atoms with Crippen molar-refractivity contribution in [2.75, 3.05) is 33.2 Å². The summed E-state index contributed by atoms with van der Waals surface area (Å²) in [6.07, 6.45) is 4.66. The van der Waals surface area contributed by atoms with E-state index in [1.807, 2.05) is 18.2 Å². The fraction of sp³-hybridized carbons (Fsp3) is 0.600. The number of para-hydroxylation sites is 1. The molecule has 114 valence electrons. The van der Waals surface area contributed by atoms with E-state index < -0.39 is 8.80 Å². The van der Waals surface area contributed by atoms with E-state index in [0.717, 1.165) is 19.0 Å². The Balaban J connectivity index is 2.05. The predicted octanol–water partition coefficient (Wildman–Crippen LogP) is 3.54. The van der Waals surface area contributed by atoms with Crippen molar-refractivity contribution in [3.63, 3.8) is 0 Å². The Morgan fingerprint density at radius 2 is 1.45 bits per heavy atom. The lowest BCUT2D eigenvalue weighted by molar-refractivity contribution is 0.122. The quantitative estimate of drug-likeness (QED) is 0.501. The summed E-state index contributed by atoms with van der Waals surface area (Å²) in [4.78, 5) is 0. The van der Waals surface area contributed by atoms with Crippen molar-refractivity contribution in [3.05, 3.63) is 30.3 Å². The minimum Gasteiger partial charge on any atom is -0.385 e. The maximum atomic E-state index is 5.40. The highest BCUT2D eigenvalue weighted by Gasteiger charge is 2.36. The van der Waals surface area contributed by atoms with Crippen LogP contribution in [0.5, 0.6) is 0 Å². The van der Waals surface area contributed by atoms with Crippen LogP contribution in [0.2, 0.25) is 6.04 Å². The Hall–Kier alpha value is -0.883. The van der Waals surface area contributed by atoms with E-state index in [4.69, 9.17) is 13.3 Å². The Labute approximate surface area is 123 Å². The summed E-state index contributed by atoms with van der Waals surface area (Å²) < 4.78 is 16.2. The van der Waals surface area contributed by atoms with Crippen molar-refractivity contribution in [3.8, 4) is 0 Å². The first-order valence-corrected chi connectivity index (χ1v) is 9.14. The summed E-state index contributed by atoms with van der Waals surface area (Å²) in [5.41, 5.74) is 1.19. The molecule has 5 heteroatoms. The van der Waals surface area contributed by atoms with Crippen LogP contribution in [0.4, 0.5) is 5.69 Å². The van der Waals surface area contributed by atoms with Gasteiger partial charge in [-0.3, -0.25) is 0 Å². The summed E-state index contributed by atoms with van der Waals surface area (Å²) in [6.45, 7) is 1.02. The smallest absolute Gasteiger partial charge is 0.385 e. The molecule has 0 spiro atoms. The molecule has 1 N–H and O–H groups in total. The van der Waals surface area contributed by atoms with Gasteiger partial charge in [0.05, 0.1) is 0 Å². The Morgan fingerprint density at radius 1 is 0.850 bits per heavy atom. The normalized spacial score (nSPS) is 11.6. The van der Waals surface area contributed by atoms with Crippen molar-refractivity contribution in [2.24, 2.45) is 0 Å². The number of unbranched alkanes of at least 4 members (excludes halogenated alkanes) is 3. The lowest BCUT2D eigenvalue weighted by Crippen LogP contribution is -2.42. The number of anilines is 1. The number of rotatable bonds is 11. The second-order valence-electron chi connectivity index (χ2n) is 4.75.